The first-order chi connectivity index (χ1) is 8.65. The molecule has 98 valence electrons. The maximum absolute atomic E-state index is 10.5. The van der Waals surface area contributed by atoms with Crippen molar-refractivity contribution in [2.45, 2.75) is 12.8 Å². The fraction of sp³-hybridized carbons (Fsp3) is 0.538. The van der Waals surface area contributed by atoms with Crippen LogP contribution in [0, 0.1) is 16.0 Å². The molecule has 1 aliphatic rings. The van der Waals surface area contributed by atoms with Crippen LogP contribution < -0.4 is 4.74 Å². The van der Waals surface area contributed by atoms with Gasteiger partial charge in [-0.2, -0.15) is 0 Å². The van der Waals surface area contributed by atoms with Gasteiger partial charge >= 0.3 is 0 Å². The second-order valence-electron chi connectivity index (χ2n) is 4.83. The number of nitro benzene ring substituents is 1. The van der Waals surface area contributed by atoms with Gasteiger partial charge in [-0.25, -0.2) is 0 Å². The van der Waals surface area contributed by atoms with E-state index in [9.17, 15) is 10.1 Å². The smallest absolute Gasteiger partial charge is 0.269 e. The first kappa shape index (κ1) is 12.8. The summed E-state index contributed by atoms with van der Waals surface area (Å²) in [5, 5.41) is 10.5. The number of hydrogen-bond donors (Lipinski definition) is 0. The topological polar surface area (TPSA) is 55.6 Å². The van der Waals surface area contributed by atoms with Crippen molar-refractivity contribution < 1.29 is 9.66 Å². The fourth-order valence-corrected chi connectivity index (χ4v) is 2.29. The molecule has 1 fully saturated rings. The van der Waals surface area contributed by atoms with Gasteiger partial charge in [0.2, 0.25) is 0 Å². The van der Waals surface area contributed by atoms with Crippen LogP contribution >= 0.6 is 0 Å². The lowest BCUT2D eigenvalue weighted by Gasteiger charge is -2.29. The second-order valence-corrected chi connectivity index (χ2v) is 4.83. The molecule has 0 aliphatic carbocycles. The van der Waals surface area contributed by atoms with Crippen molar-refractivity contribution in [1.82, 2.24) is 4.90 Å². The Morgan fingerprint density at radius 1 is 1.44 bits per heavy atom. The van der Waals surface area contributed by atoms with Gasteiger partial charge in [0.25, 0.3) is 5.69 Å². The van der Waals surface area contributed by atoms with Crippen molar-refractivity contribution >= 4 is 5.69 Å². The molecule has 1 heterocycles. The van der Waals surface area contributed by atoms with Crippen molar-refractivity contribution in [2.75, 3.05) is 26.7 Å². The zero-order valence-electron chi connectivity index (χ0n) is 10.5. The third-order valence-corrected chi connectivity index (χ3v) is 3.26. The molecule has 18 heavy (non-hydrogen) atoms. The van der Waals surface area contributed by atoms with Crippen molar-refractivity contribution in [3.8, 4) is 5.75 Å². The molecule has 0 spiro atoms. The highest BCUT2D eigenvalue weighted by Gasteiger charge is 2.17. The lowest BCUT2D eigenvalue weighted by molar-refractivity contribution is -0.384. The monoisotopic (exact) mass is 250 g/mol. The summed E-state index contributed by atoms with van der Waals surface area (Å²) in [6.07, 6.45) is 2.40. The average Bonchev–Trinajstić information content (AvgIpc) is 2.37. The van der Waals surface area contributed by atoms with Gasteiger partial charge in [-0.05, 0) is 38.6 Å². The number of nitro groups is 1. The standard InChI is InChI=1S/C13H18N2O3/c1-14-8-2-3-11(9-14)10-18-13-6-4-12(5-7-13)15(16)17/h4-7,11H,2-3,8-10H2,1H3. The molecule has 0 aromatic heterocycles. The normalized spacial score (nSPS) is 20.6. The zero-order valence-corrected chi connectivity index (χ0v) is 10.5. The third kappa shape index (κ3) is 3.43. The Balaban J connectivity index is 1.84. The van der Waals surface area contributed by atoms with Gasteiger partial charge in [0.05, 0.1) is 11.5 Å². The van der Waals surface area contributed by atoms with Crippen LogP contribution in [0.3, 0.4) is 0 Å². The van der Waals surface area contributed by atoms with Crippen LogP contribution in [0.15, 0.2) is 24.3 Å². The van der Waals surface area contributed by atoms with E-state index >= 15 is 0 Å². The minimum atomic E-state index is -0.403. The first-order valence-corrected chi connectivity index (χ1v) is 6.21. The molecule has 5 nitrogen and oxygen atoms in total. The Hall–Kier alpha value is -1.62. The Bertz CT molecular complexity index is 405. The quantitative estimate of drug-likeness (QED) is 0.608. The molecule has 0 N–H and O–H groups in total. The summed E-state index contributed by atoms with van der Waals surface area (Å²) in [6, 6.07) is 6.26. The Morgan fingerprint density at radius 3 is 2.78 bits per heavy atom. The summed E-state index contributed by atoms with van der Waals surface area (Å²) >= 11 is 0. The van der Waals surface area contributed by atoms with Gasteiger partial charge in [-0.15, -0.1) is 0 Å². The number of piperidine rings is 1. The van der Waals surface area contributed by atoms with E-state index in [0.29, 0.717) is 18.3 Å². The van der Waals surface area contributed by atoms with Crippen LogP contribution in [0.4, 0.5) is 5.69 Å². The second kappa shape index (κ2) is 5.82. The number of ether oxygens (including phenoxy) is 1. The summed E-state index contributed by atoms with van der Waals surface area (Å²) < 4.78 is 5.68. The molecule has 5 heteroatoms. The number of benzene rings is 1. The van der Waals surface area contributed by atoms with E-state index in [-0.39, 0.29) is 5.69 Å². The van der Waals surface area contributed by atoms with Gasteiger partial charge in [0.15, 0.2) is 0 Å². The lowest BCUT2D eigenvalue weighted by Crippen LogP contribution is -2.34. The molecule has 1 aromatic rings. The molecule has 1 atom stereocenters. The SMILES string of the molecule is CN1CCCC(COc2ccc([N+](=O)[O-])cc2)C1. The Morgan fingerprint density at radius 2 is 2.17 bits per heavy atom. The van der Waals surface area contributed by atoms with Crippen molar-refractivity contribution in [1.29, 1.82) is 0 Å². The molecule has 1 aliphatic heterocycles. The van der Waals surface area contributed by atoms with E-state index in [1.165, 1.54) is 25.0 Å². The van der Waals surface area contributed by atoms with Gasteiger partial charge in [0.1, 0.15) is 5.75 Å². The molecule has 0 saturated carbocycles. The third-order valence-electron chi connectivity index (χ3n) is 3.26. The molecule has 0 amide bonds. The predicted octanol–water partition coefficient (Wildman–Crippen LogP) is 2.32. The lowest BCUT2D eigenvalue weighted by atomic mass is 10.00. The van der Waals surface area contributed by atoms with E-state index in [0.717, 1.165) is 13.1 Å². The highest BCUT2D eigenvalue weighted by Crippen LogP contribution is 2.20. The molecule has 1 saturated heterocycles. The Kier molecular flexibility index (Phi) is 4.15. The molecule has 1 unspecified atom stereocenters. The van der Waals surface area contributed by atoms with Crippen molar-refractivity contribution in [2.24, 2.45) is 5.92 Å². The van der Waals surface area contributed by atoms with E-state index in [1.807, 2.05) is 0 Å². The number of nitrogens with zero attached hydrogens (tertiary/aromatic N) is 2. The van der Waals surface area contributed by atoms with Gasteiger partial charge < -0.3 is 9.64 Å². The maximum atomic E-state index is 10.5. The number of hydrogen-bond acceptors (Lipinski definition) is 4. The minimum absolute atomic E-state index is 0.0970. The maximum Gasteiger partial charge on any atom is 0.269 e. The molecule has 0 radical (unpaired) electrons. The summed E-state index contributed by atoms with van der Waals surface area (Å²) in [7, 11) is 2.12. The molecule has 1 aromatic carbocycles. The number of likely N-dealkylation sites (tertiary alicyclic amines) is 1. The largest absolute Gasteiger partial charge is 0.493 e. The van der Waals surface area contributed by atoms with Gasteiger partial charge in [0, 0.05) is 24.6 Å². The van der Waals surface area contributed by atoms with E-state index in [2.05, 4.69) is 11.9 Å². The number of non-ortho nitro benzene ring substituents is 1. The molecular weight excluding hydrogens is 232 g/mol. The van der Waals surface area contributed by atoms with Crippen LogP contribution in [-0.2, 0) is 0 Å². The van der Waals surface area contributed by atoms with Crippen LogP contribution in [0.1, 0.15) is 12.8 Å². The summed E-state index contributed by atoms with van der Waals surface area (Å²) in [5.74, 6) is 1.26. The van der Waals surface area contributed by atoms with Crippen LogP contribution in [-0.4, -0.2) is 36.6 Å². The average molecular weight is 250 g/mol. The zero-order chi connectivity index (χ0) is 13.0. The predicted molar refractivity (Wildman–Crippen MR) is 68.8 cm³/mol. The van der Waals surface area contributed by atoms with Crippen LogP contribution in [0.25, 0.3) is 0 Å². The van der Waals surface area contributed by atoms with E-state index in [1.54, 1.807) is 12.1 Å². The van der Waals surface area contributed by atoms with Crippen LogP contribution in [0.5, 0.6) is 5.75 Å². The summed E-state index contributed by atoms with van der Waals surface area (Å²) in [6.45, 7) is 2.91. The van der Waals surface area contributed by atoms with Crippen molar-refractivity contribution in [3.05, 3.63) is 34.4 Å². The molecule has 2 rings (SSSR count). The van der Waals surface area contributed by atoms with Crippen LogP contribution in [0.2, 0.25) is 0 Å². The fourth-order valence-electron chi connectivity index (χ4n) is 2.29. The first-order valence-electron chi connectivity index (χ1n) is 6.21. The van der Waals surface area contributed by atoms with E-state index in [4.69, 9.17) is 4.74 Å². The minimum Gasteiger partial charge on any atom is -0.493 e. The summed E-state index contributed by atoms with van der Waals surface area (Å²) in [4.78, 5) is 12.4. The molecular formula is C13H18N2O3. The van der Waals surface area contributed by atoms with Gasteiger partial charge in [-0.3, -0.25) is 10.1 Å². The Labute approximate surface area is 107 Å². The summed E-state index contributed by atoms with van der Waals surface area (Å²) in [5.41, 5.74) is 0.0970. The van der Waals surface area contributed by atoms with Crippen molar-refractivity contribution in [3.63, 3.8) is 0 Å². The van der Waals surface area contributed by atoms with E-state index < -0.39 is 4.92 Å². The highest BCUT2D eigenvalue weighted by atomic mass is 16.6. The molecule has 0 bridgehead atoms. The van der Waals surface area contributed by atoms with Gasteiger partial charge in [-0.1, -0.05) is 0 Å². The number of rotatable bonds is 4. The highest BCUT2D eigenvalue weighted by molar-refractivity contribution is 5.35.